The van der Waals surface area contributed by atoms with E-state index >= 15 is 0 Å². The minimum Gasteiger partial charge on any atom is -0.478 e. The van der Waals surface area contributed by atoms with Gasteiger partial charge in [-0.2, -0.15) is 0 Å². The molecule has 0 atom stereocenters. The molecule has 1 aliphatic heterocycles. The van der Waals surface area contributed by atoms with Gasteiger partial charge in [0.25, 0.3) is 5.91 Å². The van der Waals surface area contributed by atoms with E-state index in [9.17, 15) is 9.18 Å². The topological polar surface area (TPSA) is 50.4 Å². The van der Waals surface area contributed by atoms with Crippen molar-refractivity contribution in [2.45, 2.75) is 38.3 Å². The maximum Gasteiger partial charge on any atom is 0.263 e. The summed E-state index contributed by atoms with van der Waals surface area (Å²) < 4.78 is 18.5. The Morgan fingerprint density at radius 2 is 1.90 bits per heavy atom. The number of amides is 1. The molecule has 0 saturated carbocycles. The Balaban J connectivity index is 1.94. The van der Waals surface area contributed by atoms with Crippen LogP contribution in [-0.2, 0) is 4.79 Å². The molecule has 0 aliphatic carbocycles. The molecular weight excluding hydrogens is 259 g/mol. The Kier molecular flexibility index (Phi) is 4.60. The second-order valence-corrected chi connectivity index (χ2v) is 5.56. The molecule has 1 aromatic carbocycles. The lowest BCUT2D eigenvalue weighted by molar-refractivity contribution is -0.135. The van der Waals surface area contributed by atoms with Gasteiger partial charge >= 0.3 is 0 Å². The zero-order valence-electron chi connectivity index (χ0n) is 11.9. The highest BCUT2D eigenvalue weighted by Crippen LogP contribution is 2.19. The first kappa shape index (κ1) is 14.8. The molecule has 0 radical (unpaired) electrons. The van der Waals surface area contributed by atoms with Crippen LogP contribution in [0.3, 0.4) is 0 Å². The lowest BCUT2D eigenvalue weighted by Crippen LogP contribution is -2.52. The first-order valence-corrected chi connectivity index (χ1v) is 6.94. The van der Waals surface area contributed by atoms with Gasteiger partial charge in [-0.25, -0.2) is 4.39 Å². The smallest absolute Gasteiger partial charge is 0.263 e. The van der Waals surface area contributed by atoms with Gasteiger partial charge in [0.1, 0.15) is 11.6 Å². The molecule has 1 aliphatic rings. The second kappa shape index (κ2) is 6.22. The molecule has 4 nitrogen and oxygen atoms in total. The number of hydrogen-bond donors (Lipinski definition) is 2. The molecule has 0 bridgehead atoms. The summed E-state index contributed by atoms with van der Waals surface area (Å²) in [5, 5.41) is 6.27. The van der Waals surface area contributed by atoms with Crippen molar-refractivity contribution in [3.8, 4) is 5.75 Å². The summed E-state index contributed by atoms with van der Waals surface area (Å²) in [4.78, 5) is 12.3. The highest BCUT2D eigenvalue weighted by molar-refractivity contribution is 5.85. The highest BCUT2D eigenvalue weighted by atomic mass is 19.1. The third-order valence-corrected chi connectivity index (χ3v) is 3.41. The van der Waals surface area contributed by atoms with Gasteiger partial charge < -0.3 is 15.4 Å². The largest absolute Gasteiger partial charge is 0.478 e. The molecule has 1 heterocycles. The number of benzene rings is 1. The average Bonchev–Trinajstić information content (AvgIpc) is 2.42. The summed E-state index contributed by atoms with van der Waals surface area (Å²) in [6.45, 7) is 5.27. The summed E-state index contributed by atoms with van der Waals surface area (Å²) in [5.41, 5.74) is -0.983. The maximum absolute atomic E-state index is 12.8. The molecule has 1 aromatic rings. The molecule has 1 saturated heterocycles. The van der Waals surface area contributed by atoms with Crippen molar-refractivity contribution in [1.29, 1.82) is 0 Å². The molecule has 0 unspecified atom stereocenters. The van der Waals surface area contributed by atoms with E-state index in [-0.39, 0.29) is 17.8 Å². The van der Waals surface area contributed by atoms with Gasteiger partial charge in [-0.05, 0) is 64.0 Å². The standard InChI is InChI=1S/C15H21FN2O2/c1-15(2,20-13-5-3-11(16)4-6-13)14(19)18-12-7-9-17-10-8-12/h3-6,12,17H,7-10H2,1-2H3,(H,18,19). The molecule has 1 amide bonds. The fourth-order valence-electron chi connectivity index (χ4n) is 2.17. The van der Waals surface area contributed by atoms with Crippen LogP contribution < -0.4 is 15.4 Å². The number of piperidine rings is 1. The molecule has 5 heteroatoms. The summed E-state index contributed by atoms with van der Waals surface area (Å²) in [5.74, 6) is 0.0138. The van der Waals surface area contributed by atoms with Crippen molar-refractivity contribution < 1.29 is 13.9 Å². The lowest BCUT2D eigenvalue weighted by Gasteiger charge is -2.30. The summed E-state index contributed by atoms with van der Waals surface area (Å²) in [7, 11) is 0. The predicted octanol–water partition coefficient (Wildman–Crippen LogP) is 1.85. The number of nitrogens with one attached hydrogen (secondary N) is 2. The van der Waals surface area contributed by atoms with Crippen LogP contribution >= 0.6 is 0 Å². The van der Waals surface area contributed by atoms with E-state index in [0.717, 1.165) is 25.9 Å². The first-order chi connectivity index (χ1) is 9.47. The predicted molar refractivity (Wildman–Crippen MR) is 75.1 cm³/mol. The number of ether oxygens (including phenoxy) is 1. The average molecular weight is 280 g/mol. The molecule has 1 fully saturated rings. The van der Waals surface area contributed by atoms with E-state index in [0.29, 0.717) is 5.75 Å². The molecule has 110 valence electrons. The molecule has 20 heavy (non-hydrogen) atoms. The quantitative estimate of drug-likeness (QED) is 0.885. The van der Waals surface area contributed by atoms with Crippen LogP contribution in [0.15, 0.2) is 24.3 Å². The Labute approximate surface area is 118 Å². The monoisotopic (exact) mass is 280 g/mol. The Bertz CT molecular complexity index is 453. The second-order valence-electron chi connectivity index (χ2n) is 5.56. The van der Waals surface area contributed by atoms with Crippen molar-refractivity contribution in [2.75, 3.05) is 13.1 Å². The number of rotatable bonds is 4. The zero-order valence-corrected chi connectivity index (χ0v) is 11.9. The van der Waals surface area contributed by atoms with E-state index in [4.69, 9.17) is 4.74 Å². The summed E-state index contributed by atoms with van der Waals surface area (Å²) >= 11 is 0. The summed E-state index contributed by atoms with van der Waals surface area (Å²) in [6, 6.07) is 5.87. The van der Waals surface area contributed by atoms with Crippen LogP contribution in [-0.4, -0.2) is 30.6 Å². The maximum atomic E-state index is 12.8. The van der Waals surface area contributed by atoms with Gasteiger partial charge in [-0.15, -0.1) is 0 Å². The van der Waals surface area contributed by atoms with Crippen LogP contribution in [0.4, 0.5) is 4.39 Å². The molecule has 2 N–H and O–H groups in total. The molecule has 2 rings (SSSR count). The fraction of sp³-hybridized carbons (Fsp3) is 0.533. The molecule has 0 spiro atoms. The lowest BCUT2D eigenvalue weighted by atomic mass is 10.0. The number of carbonyl (C=O) groups excluding carboxylic acids is 1. The normalized spacial score (nSPS) is 16.8. The number of hydrogen-bond acceptors (Lipinski definition) is 3. The highest BCUT2D eigenvalue weighted by Gasteiger charge is 2.31. The van der Waals surface area contributed by atoms with E-state index in [2.05, 4.69) is 10.6 Å². The van der Waals surface area contributed by atoms with Gasteiger partial charge in [0, 0.05) is 6.04 Å². The van der Waals surface area contributed by atoms with E-state index < -0.39 is 5.60 Å². The zero-order chi connectivity index (χ0) is 14.6. The van der Waals surface area contributed by atoms with Gasteiger partial charge in [0.2, 0.25) is 0 Å². The van der Waals surface area contributed by atoms with Gasteiger partial charge in [-0.3, -0.25) is 4.79 Å². The summed E-state index contributed by atoms with van der Waals surface area (Å²) in [6.07, 6.45) is 1.86. The minimum absolute atomic E-state index is 0.145. The van der Waals surface area contributed by atoms with Crippen molar-refractivity contribution in [3.63, 3.8) is 0 Å². The minimum atomic E-state index is -0.983. The SMILES string of the molecule is CC(C)(Oc1ccc(F)cc1)C(=O)NC1CCNCC1. The first-order valence-electron chi connectivity index (χ1n) is 6.94. The number of halogens is 1. The number of carbonyl (C=O) groups is 1. The van der Waals surface area contributed by atoms with Crippen LogP contribution in [0, 0.1) is 5.82 Å². The Hall–Kier alpha value is -1.62. The third-order valence-electron chi connectivity index (χ3n) is 3.41. The Morgan fingerprint density at radius 3 is 2.50 bits per heavy atom. The van der Waals surface area contributed by atoms with Crippen LogP contribution in [0.25, 0.3) is 0 Å². The van der Waals surface area contributed by atoms with Crippen LogP contribution in [0.1, 0.15) is 26.7 Å². The fourth-order valence-corrected chi connectivity index (χ4v) is 2.17. The van der Waals surface area contributed by atoms with Crippen LogP contribution in [0.5, 0.6) is 5.75 Å². The van der Waals surface area contributed by atoms with Gasteiger partial charge in [0.15, 0.2) is 5.60 Å². The van der Waals surface area contributed by atoms with Gasteiger partial charge in [0.05, 0.1) is 0 Å². The van der Waals surface area contributed by atoms with E-state index in [1.165, 1.54) is 24.3 Å². The third kappa shape index (κ3) is 3.93. The van der Waals surface area contributed by atoms with Crippen molar-refractivity contribution in [1.82, 2.24) is 10.6 Å². The Morgan fingerprint density at radius 1 is 1.30 bits per heavy atom. The van der Waals surface area contributed by atoms with Crippen molar-refractivity contribution in [3.05, 3.63) is 30.1 Å². The molecule has 0 aromatic heterocycles. The van der Waals surface area contributed by atoms with Crippen LogP contribution in [0.2, 0.25) is 0 Å². The van der Waals surface area contributed by atoms with Crippen molar-refractivity contribution in [2.24, 2.45) is 0 Å². The van der Waals surface area contributed by atoms with Gasteiger partial charge in [-0.1, -0.05) is 0 Å². The van der Waals surface area contributed by atoms with E-state index in [1.807, 2.05) is 0 Å². The van der Waals surface area contributed by atoms with Crippen molar-refractivity contribution >= 4 is 5.91 Å². The van der Waals surface area contributed by atoms with E-state index in [1.54, 1.807) is 13.8 Å². The molecular formula is C15H21FN2O2.